The van der Waals surface area contributed by atoms with Gasteiger partial charge in [0.1, 0.15) is 24.9 Å². The first-order valence-corrected chi connectivity index (χ1v) is 5.21. The monoisotopic (exact) mass is 231 g/mol. The Morgan fingerprint density at radius 1 is 1.47 bits per heavy atom. The van der Waals surface area contributed by atoms with E-state index in [1.54, 1.807) is 13.2 Å². The molecule has 0 radical (unpaired) electrons. The zero-order valence-corrected chi connectivity index (χ0v) is 9.75. The smallest absolute Gasteiger partial charge is 0.188 e. The second kappa shape index (κ2) is 4.78. The van der Waals surface area contributed by atoms with E-state index in [0.717, 1.165) is 5.56 Å². The third-order valence-corrected chi connectivity index (χ3v) is 2.43. The van der Waals surface area contributed by atoms with Gasteiger partial charge in [-0.2, -0.15) is 5.10 Å². The molecule has 2 aromatic rings. The van der Waals surface area contributed by atoms with Gasteiger partial charge in [0, 0.05) is 0 Å². The molecule has 0 N–H and O–H groups in total. The van der Waals surface area contributed by atoms with Crippen molar-refractivity contribution in [1.82, 2.24) is 14.8 Å². The number of ketones is 1. The van der Waals surface area contributed by atoms with Crippen molar-refractivity contribution in [3.05, 3.63) is 42.0 Å². The van der Waals surface area contributed by atoms with Crippen LogP contribution in [0.15, 0.2) is 30.9 Å². The Labute approximate surface area is 99.1 Å². The van der Waals surface area contributed by atoms with E-state index in [0.29, 0.717) is 11.3 Å². The third kappa shape index (κ3) is 2.50. The maximum atomic E-state index is 12.0. The molecular weight excluding hydrogens is 218 g/mol. The number of aryl methyl sites for hydroxylation is 1. The lowest BCUT2D eigenvalue weighted by Crippen LogP contribution is -2.12. The Morgan fingerprint density at radius 2 is 2.29 bits per heavy atom. The van der Waals surface area contributed by atoms with Crippen LogP contribution >= 0.6 is 0 Å². The molecule has 0 spiro atoms. The molecule has 0 aliphatic carbocycles. The van der Waals surface area contributed by atoms with Crippen LogP contribution < -0.4 is 4.74 Å². The normalized spacial score (nSPS) is 10.2. The summed E-state index contributed by atoms with van der Waals surface area (Å²) in [5.74, 6) is 0.544. The molecule has 5 heteroatoms. The number of benzene rings is 1. The Balaban J connectivity index is 2.24. The van der Waals surface area contributed by atoms with Crippen molar-refractivity contribution < 1.29 is 9.53 Å². The summed E-state index contributed by atoms with van der Waals surface area (Å²) in [6, 6.07) is 5.50. The van der Waals surface area contributed by atoms with Gasteiger partial charge in [0.15, 0.2) is 5.78 Å². The summed E-state index contributed by atoms with van der Waals surface area (Å²) >= 11 is 0. The van der Waals surface area contributed by atoms with E-state index in [1.165, 1.54) is 17.3 Å². The van der Waals surface area contributed by atoms with Gasteiger partial charge in [-0.3, -0.25) is 4.79 Å². The second-order valence-corrected chi connectivity index (χ2v) is 3.72. The molecule has 0 saturated heterocycles. The molecule has 1 aromatic carbocycles. The predicted octanol–water partition coefficient (Wildman–Crippen LogP) is 1.48. The zero-order chi connectivity index (χ0) is 12.3. The van der Waals surface area contributed by atoms with Gasteiger partial charge >= 0.3 is 0 Å². The largest absolute Gasteiger partial charge is 0.496 e. The van der Waals surface area contributed by atoms with Crippen molar-refractivity contribution in [3.63, 3.8) is 0 Å². The topological polar surface area (TPSA) is 57.0 Å². The van der Waals surface area contributed by atoms with Gasteiger partial charge in [0.2, 0.25) is 0 Å². The molecule has 0 bridgehead atoms. The predicted molar refractivity (Wildman–Crippen MR) is 62.1 cm³/mol. The average Bonchev–Trinajstić information content (AvgIpc) is 2.81. The van der Waals surface area contributed by atoms with E-state index < -0.39 is 0 Å². The van der Waals surface area contributed by atoms with Crippen molar-refractivity contribution in [2.75, 3.05) is 7.11 Å². The van der Waals surface area contributed by atoms with Crippen molar-refractivity contribution in [3.8, 4) is 5.75 Å². The summed E-state index contributed by atoms with van der Waals surface area (Å²) in [5, 5.41) is 3.90. The van der Waals surface area contributed by atoms with E-state index in [1.807, 2.05) is 19.1 Å². The maximum Gasteiger partial charge on any atom is 0.188 e. The molecular formula is C12H13N3O2. The van der Waals surface area contributed by atoms with Crippen LogP contribution in [0, 0.1) is 6.92 Å². The zero-order valence-electron chi connectivity index (χ0n) is 9.75. The van der Waals surface area contributed by atoms with Gasteiger partial charge in [0.25, 0.3) is 0 Å². The summed E-state index contributed by atoms with van der Waals surface area (Å²) in [6.45, 7) is 2.12. The molecule has 0 unspecified atom stereocenters. The number of hydrogen-bond donors (Lipinski definition) is 0. The van der Waals surface area contributed by atoms with Crippen LogP contribution in [0.2, 0.25) is 0 Å². The molecule has 17 heavy (non-hydrogen) atoms. The summed E-state index contributed by atoms with van der Waals surface area (Å²) < 4.78 is 6.69. The highest BCUT2D eigenvalue weighted by atomic mass is 16.5. The van der Waals surface area contributed by atoms with Crippen molar-refractivity contribution >= 4 is 5.78 Å². The number of carbonyl (C=O) groups is 1. The van der Waals surface area contributed by atoms with Gasteiger partial charge in [-0.15, -0.1) is 0 Å². The number of carbonyl (C=O) groups excluding carboxylic acids is 1. The van der Waals surface area contributed by atoms with Crippen molar-refractivity contribution in [2.45, 2.75) is 13.5 Å². The maximum absolute atomic E-state index is 12.0. The van der Waals surface area contributed by atoms with Gasteiger partial charge in [-0.1, -0.05) is 6.07 Å². The lowest BCUT2D eigenvalue weighted by atomic mass is 10.1. The molecule has 1 heterocycles. The van der Waals surface area contributed by atoms with Gasteiger partial charge < -0.3 is 4.74 Å². The fourth-order valence-electron chi connectivity index (χ4n) is 1.58. The first kappa shape index (κ1) is 11.3. The number of aromatic nitrogens is 3. The van der Waals surface area contributed by atoms with E-state index in [9.17, 15) is 4.79 Å². The van der Waals surface area contributed by atoms with Crippen LogP contribution in [0.4, 0.5) is 0 Å². The van der Waals surface area contributed by atoms with Crippen LogP contribution in [0.5, 0.6) is 5.75 Å². The molecule has 5 nitrogen and oxygen atoms in total. The number of rotatable bonds is 4. The molecule has 0 aliphatic heterocycles. The van der Waals surface area contributed by atoms with Crippen molar-refractivity contribution in [2.24, 2.45) is 0 Å². The lowest BCUT2D eigenvalue weighted by Gasteiger charge is -2.08. The number of methoxy groups -OCH3 is 1. The minimum atomic E-state index is -0.0487. The SMILES string of the molecule is COc1cc(C)ccc1C(=O)Cn1cncn1. The fraction of sp³-hybridized carbons (Fsp3) is 0.250. The van der Waals surface area contributed by atoms with Crippen LogP contribution in [-0.4, -0.2) is 27.7 Å². The first-order chi connectivity index (χ1) is 8.20. The summed E-state index contributed by atoms with van der Waals surface area (Å²) in [5.41, 5.74) is 1.62. The Kier molecular flexibility index (Phi) is 3.18. The van der Waals surface area contributed by atoms with E-state index in [-0.39, 0.29) is 12.3 Å². The number of Topliss-reactive ketones (excluding diaryl/α,β-unsaturated/α-hetero) is 1. The highest BCUT2D eigenvalue weighted by molar-refractivity contribution is 5.98. The van der Waals surface area contributed by atoms with Crippen LogP contribution in [-0.2, 0) is 6.54 Å². The molecule has 0 atom stereocenters. The molecule has 0 amide bonds. The molecule has 88 valence electrons. The van der Waals surface area contributed by atoms with Gasteiger partial charge in [-0.25, -0.2) is 9.67 Å². The van der Waals surface area contributed by atoms with Crippen LogP contribution in [0.3, 0.4) is 0 Å². The molecule has 0 aliphatic rings. The first-order valence-electron chi connectivity index (χ1n) is 5.21. The quantitative estimate of drug-likeness (QED) is 0.748. The molecule has 0 saturated carbocycles. The standard InChI is InChI=1S/C12H13N3O2/c1-9-3-4-10(12(5-9)17-2)11(16)6-15-8-13-7-14-15/h3-5,7-8H,6H2,1-2H3. The van der Waals surface area contributed by atoms with E-state index in [4.69, 9.17) is 4.74 Å². The average molecular weight is 231 g/mol. The lowest BCUT2D eigenvalue weighted by molar-refractivity contribution is 0.0964. The summed E-state index contributed by atoms with van der Waals surface area (Å²) in [7, 11) is 1.56. The minimum absolute atomic E-state index is 0.0487. The highest BCUT2D eigenvalue weighted by Crippen LogP contribution is 2.20. The van der Waals surface area contributed by atoms with Crippen LogP contribution in [0.25, 0.3) is 0 Å². The van der Waals surface area contributed by atoms with Crippen LogP contribution in [0.1, 0.15) is 15.9 Å². The fourth-order valence-corrected chi connectivity index (χ4v) is 1.58. The molecule has 1 aromatic heterocycles. The number of nitrogens with zero attached hydrogens (tertiary/aromatic N) is 3. The van der Waals surface area contributed by atoms with E-state index >= 15 is 0 Å². The summed E-state index contributed by atoms with van der Waals surface area (Å²) in [6.07, 6.45) is 2.91. The molecule has 0 fully saturated rings. The van der Waals surface area contributed by atoms with Gasteiger partial charge in [-0.05, 0) is 24.6 Å². The third-order valence-electron chi connectivity index (χ3n) is 2.43. The Bertz CT molecular complexity index is 521. The summed E-state index contributed by atoms with van der Waals surface area (Å²) in [4.78, 5) is 15.8. The second-order valence-electron chi connectivity index (χ2n) is 3.72. The Morgan fingerprint density at radius 3 is 2.94 bits per heavy atom. The number of ether oxygens (including phenoxy) is 1. The minimum Gasteiger partial charge on any atom is -0.496 e. The molecule has 2 rings (SSSR count). The van der Waals surface area contributed by atoms with E-state index in [2.05, 4.69) is 10.1 Å². The highest BCUT2D eigenvalue weighted by Gasteiger charge is 2.12. The number of hydrogen-bond acceptors (Lipinski definition) is 4. The Hall–Kier alpha value is -2.17. The van der Waals surface area contributed by atoms with Gasteiger partial charge in [0.05, 0.1) is 12.7 Å². The van der Waals surface area contributed by atoms with Crippen molar-refractivity contribution in [1.29, 1.82) is 0 Å².